The van der Waals surface area contributed by atoms with Crippen LogP contribution in [-0.2, 0) is 0 Å². The second kappa shape index (κ2) is 4.77. The van der Waals surface area contributed by atoms with Gasteiger partial charge in [-0.25, -0.2) is 0 Å². The topological polar surface area (TPSA) is 24.1 Å². The Morgan fingerprint density at radius 3 is 3.30 bits per heavy atom. The van der Waals surface area contributed by atoms with Crippen LogP contribution in [0.15, 0.2) is 12.2 Å². The van der Waals surface area contributed by atoms with E-state index in [2.05, 4.69) is 22.8 Å². The lowest BCUT2D eigenvalue weighted by atomic mass is 10.5. The summed E-state index contributed by atoms with van der Waals surface area (Å²) in [5, 5.41) is 6.68. The zero-order valence-electron chi connectivity index (χ0n) is 6.26. The molecule has 0 aromatic rings. The Balaban J connectivity index is 2.01. The molecule has 0 spiro atoms. The molecular weight excluding hydrogens is 144 g/mol. The quantitative estimate of drug-likeness (QED) is 0.593. The summed E-state index contributed by atoms with van der Waals surface area (Å²) in [5.74, 6) is 1.23. The highest BCUT2D eigenvalue weighted by atomic mass is 32.2. The molecule has 1 atom stereocenters. The van der Waals surface area contributed by atoms with Gasteiger partial charge in [0, 0.05) is 18.8 Å². The van der Waals surface area contributed by atoms with Crippen molar-refractivity contribution in [1.82, 2.24) is 10.6 Å². The lowest BCUT2D eigenvalue weighted by Crippen LogP contribution is -2.35. The van der Waals surface area contributed by atoms with Crippen molar-refractivity contribution in [3.05, 3.63) is 12.2 Å². The Kier molecular flexibility index (Phi) is 3.87. The Morgan fingerprint density at radius 2 is 2.70 bits per heavy atom. The molecular formula is C7H14N2S. The van der Waals surface area contributed by atoms with Crippen molar-refractivity contribution in [1.29, 1.82) is 0 Å². The van der Waals surface area contributed by atoms with E-state index < -0.39 is 0 Å². The zero-order chi connectivity index (χ0) is 7.23. The first-order chi connectivity index (χ1) is 4.93. The first kappa shape index (κ1) is 8.11. The van der Waals surface area contributed by atoms with Crippen LogP contribution < -0.4 is 10.6 Å². The van der Waals surface area contributed by atoms with Crippen LogP contribution in [0.4, 0.5) is 0 Å². The molecule has 0 amide bonds. The van der Waals surface area contributed by atoms with Gasteiger partial charge in [0.05, 0.1) is 0 Å². The average molecular weight is 158 g/mol. The molecule has 0 aromatic heterocycles. The van der Waals surface area contributed by atoms with Gasteiger partial charge in [-0.1, -0.05) is 12.2 Å². The molecule has 2 N–H and O–H groups in total. The van der Waals surface area contributed by atoms with E-state index in [4.69, 9.17) is 0 Å². The van der Waals surface area contributed by atoms with E-state index in [0.29, 0.717) is 5.50 Å². The molecule has 0 aromatic carbocycles. The van der Waals surface area contributed by atoms with E-state index >= 15 is 0 Å². The van der Waals surface area contributed by atoms with E-state index in [1.54, 1.807) is 0 Å². The molecule has 1 saturated heterocycles. The Bertz CT molecular complexity index is 108. The number of thioether (sulfide) groups is 1. The minimum Gasteiger partial charge on any atom is -0.293 e. The first-order valence-corrected chi connectivity index (χ1v) is 4.68. The summed E-state index contributed by atoms with van der Waals surface area (Å²) < 4.78 is 0. The van der Waals surface area contributed by atoms with Gasteiger partial charge in [0.1, 0.15) is 5.50 Å². The van der Waals surface area contributed by atoms with Crippen molar-refractivity contribution < 1.29 is 0 Å². The molecule has 1 heterocycles. The highest BCUT2D eigenvalue weighted by Crippen LogP contribution is 2.09. The van der Waals surface area contributed by atoms with Gasteiger partial charge in [-0.3, -0.25) is 10.6 Å². The van der Waals surface area contributed by atoms with Crippen LogP contribution in [-0.4, -0.2) is 24.3 Å². The summed E-state index contributed by atoms with van der Waals surface area (Å²) in [6.07, 6.45) is 4.19. The third kappa shape index (κ3) is 2.73. The van der Waals surface area contributed by atoms with Gasteiger partial charge in [-0.05, 0) is 6.92 Å². The van der Waals surface area contributed by atoms with Gasteiger partial charge in [-0.2, -0.15) is 0 Å². The molecule has 0 radical (unpaired) electrons. The van der Waals surface area contributed by atoms with Crippen LogP contribution in [0.3, 0.4) is 0 Å². The largest absolute Gasteiger partial charge is 0.293 e. The summed E-state index contributed by atoms with van der Waals surface area (Å²) in [6.45, 7) is 4.15. The van der Waals surface area contributed by atoms with Gasteiger partial charge >= 0.3 is 0 Å². The second-order valence-corrected chi connectivity index (χ2v) is 3.40. The highest BCUT2D eigenvalue weighted by molar-refractivity contribution is 8.00. The van der Waals surface area contributed by atoms with Crippen LogP contribution in [0.5, 0.6) is 0 Å². The molecule has 3 heteroatoms. The van der Waals surface area contributed by atoms with Crippen molar-refractivity contribution in [3.63, 3.8) is 0 Å². The highest BCUT2D eigenvalue weighted by Gasteiger charge is 2.11. The maximum Gasteiger partial charge on any atom is 0.106 e. The molecule has 0 bridgehead atoms. The number of nitrogens with one attached hydrogen (secondary N) is 2. The van der Waals surface area contributed by atoms with E-state index in [1.165, 1.54) is 5.75 Å². The smallest absolute Gasteiger partial charge is 0.106 e. The molecule has 1 aliphatic rings. The predicted octanol–water partition coefficient (Wildman–Crippen LogP) is 0.772. The maximum absolute atomic E-state index is 3.35. The fraction of sp³-hybridized carbons (Fsp3) is 0.714. The third-order valence-electron chi connectivity index (χ3n) is 1.37. The molecule has 0 aliphatic carbocycles. The number of rotatable bonds is 3. The molecule has 1 unspecified atom stereocenters. The fourth-order valence-corrected chi connectivity index (χ4v) is 1.77. The van der Waals surface area contributed by atoms with Gasteiger partial charge in [0.15, 0.2) is 0 Å². The van der Waals surface area contributed by atoms with Gasteiger partial charge in [-0.15, -0.1) is 11.8 Å². The summed E-state index contributed by atoms with van der Waals surface area (Å²) in [5.41, 5.74) is 0.483. The molecule has 58 valence electrons. The van der Waals surface area contributed by atoms with Crippen LogP contribution >= 0.6 is 11.8 Å². The molecule has 1 fully saturated rings. The second-order valence-electron chi connectivity index (χ2n) is 2.18. The minimum absolute atomic E-state index is 0.483. The molecule has 1 rings (SSSR count). The lowest BCUT2D eigenvalue weighted by molar-refractivity contribution is 0.612. The SMILES string of the molecule is C/C=C/CNC1NCCS1. The monoisotopic (exact) mass is 158 g/mol. The lowest BCUT2D eigenvalue weighted by Gasteiger charge is -2.08. The Morgan fingerprint density at radius 1 is 1.80 bits per heavy atom. The number of allylic oxidation sites excluding steroid dienone is 1. The molecule has 0 saturated carbocycles. The molecule has 1 aliphatic heterocycles. The van der Waals surface area contributed by atoms with Crippen LogP contribution in [0.1, 0.15) is 6.92 Å². The minimum atomic E-state index is 0.483. The number of hydrogen-bond acceptors (Lipinski definition) is 3. The predicted molar refractivity (Wildman–Crippen MR) is 47.1 cm³/mol. The van der Waals surface area contributed by atoms with Crippen LogP contribution in [0, 0.1) is 0 Å². The van der Waals surface area contributed by atoms with Crippen molar-refractivity contribution in [2.75, 3.05) is 18.8 Å². The molecule has 2 nitrogen and oxygen atoms in total. The zero-order valence-corrected chi connectivity index (χ0v) is 7.08. The van der Waals surface area contributed by atoms with E-state index in [1.807, 2.05) is 18.7 Å². The summed E-state index contributed by atoms with van der Waals surface area (Å²) in [6, 6.07) is 0. The maximum atomic E-state index is 3.35. The number of hydrogen-bond donors (Lipinski definition) is 2. The van der Waals surface area contributed by atoms with Gasteiger partial charge < -0.3 is 0 Å². The standard InChI is InChI=1S/C7H14N2S/c1-2-3-4-8-7-9-5-6-10-7/h2-3,7-9H,4-6H2,1H3/b3-2+. The first-order valence-electron chi connectivity index (χ1n) is 3.63. The van der Waals surface area contributed by atoms with Crippen LogP contribution in [0.2, 0.25) is 0 Å². The van der Waals surface area contributed by atoms with E-state index in [0.717, 1.165) is 13.1 Å². The van der Waals surface area contributed by atoms with E-state index in [9.17, 15) is 0 Å². The summed E-state index contributed by atoms with van der Waals surface area (Å²) >= 11 is 1.94. The summed E-state index contributed by atoms with van der Waals surface area (Å²) in [4.78, 5) is 0. The van der Waals surface area contributed by atoms with Crippen molar-refractivity contribution >= 4 is 11.8 Å². The normalized spacial score (nSPS) is 26.3. The van der Waals surface area contributed by atoms with Crippen LogP contribution in [0.25, 0.3) is 0 Å². The Labute approximate surface area is 66.5 Å². The van der Waals surface area contributed by atoms with E-state index in [-0.39, 0.29) is 0 Å². The van der Waals surface area contributed by atoms with Gasteiger partial charge in [0.2, 0.25) is 0 Å². The summed E-state index contributed by atoms with van der Waals surface area (Å²) in [7, 11) is 0. The van der Waals surface area contributed by atoms with Gasteiger partial charge in [0.25, 0.3) is 0 Å². The fourth-order valence-electron chi connectivity index (χ4n) is 0.850. The Hall–Kier alpha value is 0.0100. The van der Waals surface area contributed by atoms with Crippen molar-refractivity contribution in [2.45, 2.75) is 12.4 Å². The third-order valence-corrected chi connectivity index (χ3v) is 2.48. The average Bonchev–Trinajstić information content (AvgIpc) is 2.41. The van der Waals surface area contributed by atoms with Crippen molar-refractivity contribution in [3.8, 4) is 0 Å². The molecule has 10 heavy (non-hydrogen) atoms. The van der Waals surface area contributed by atoms with Crippen molar-refractivity contribution in [2.24, 2.45) is 0 Å².